The molecule has 136 valence electrons. The van der Waals surface area contributed by atoms with Crippen molar-refractivity contribution in [2.24, 2.45) is 0 Å². The van der Waals surface area contributed by atoms with E-state index in [2.05, 4.69) is 48.4 Å². The van der Waals surface area contributed by atoms with E-state index in [1.807, 2.05) is 12.1 Å². The zero-order chi connectivity index (χ0) is 16.7. The predicted octanol–water partition coefficient (Wildman–Crippen LogP) is 2.02. The number of ether oxygens (including phenoxy) is 1. The van der Waals surface area contributed by atoms with Crippen molar-refractivity contribution in [2.45, 2.75) is 32.7 Å². The molecule has 1 aromatic carbocycles. The topological polar surface area (TPSA) is 53.6 Å². The number of piperazine rings is 1. The Morgan fingerprint density at radius 3 is 2.71 bits per heavy atom. The molecular weight excluding hydrogens is 326 g/mol. The van der Waals surface area contributed by atoms with Crippen molar-refractivity contribution < 1.29 is 9.53 Å². The summed E-state index contributed by atoms with van der Waals surface area (Å²) in [7, 11) is 0. The van der Waals surface area contributed by atoms with Gasteiger partial charge < -0.3 is 15.4 Å². The number of nitrogens with zero attached hydrogens (tertiary/aromatic N) is 1. The normalized spacial score (nSPS) is 18.1. The first-order valence-corrected chi connectivity index (χ1v) is 8.50. The standard InChI is InChI=1S/C18H29N3O2.ClH/c1-14(2)16-4-6-17(7-5-16)23-11-9-20-18(22)13-21-10-8-19-12-15(21)3;/h4-7,14-15,19H,8-13H2,1-3H3,(H,20,22);1H/t15-;/m0./s1. The molecule has 1 heterocycles. The number of hydrogen-bond donors (Lipinski definition) is 2. The van der Waals surface area contributed by atoms with Gasteiger partial charge in [0.2, 0.25) is 5.91 Å². The highest BCUT2D eigenvalue weighted by atomic mass is 35.5. The lowest BCUT2D eigenvalue weighted by molar-refractivity contribution is -0.123. The summed E-state index contributed by atoms with van der Waals surface area (Å²) in [5, 5.41) is 6.25. The lowest BCUT2D eigenvalue weighted by atomic mass is 10.0. The average molecular weight is 356 g/mol. The van der Waals surface area contributed by atoms with Gasteiger partial charge in [0.1, 0.15) is 12.4 Å². The number of carbonyl (C=O) groups is 1. The van der Waals surface area contributed by atoms with E-state index in [4.69, 9.17) is 4.74 Å². The van der Waals surface area contributed by atoms with Crippen molar-refractivity contribution in [1.82, 2.24) is 15.5 Å². The van der Waals surface area contributed by atoms with E-state index < -0.39 is 0 Å². The second kappa shape index (κ2) is 10.5. The number of hydrogen-bond acceptors (Lipinski definition) is 4. The summed E-state index contributed by atoms with van der Waals surface area (Å²) >= 11 is 0. The predicted molar refractivity (Wildman–Crippen MR) is 100 cm³/mol. The second-order valence-corrected chi connectivity index (χ2v) is 6.45. The number of benzene rings is 1. The molecule has 6 heteroatoms. The molecule has 0 aromatic heterocycles. The van der Waals surface area contributed by atoms with Gasteiger partial charge in [-0.1, -0.05) is 26.0 Å². The van der Waals surface area contributed by atoms with E-state index in [9.17, 15) is 4.79 Å². The van der Waals surface area contributed by atoms with E-state index in [1.165, 1.54) is 5.56 Å². The number of carbonyl (C=O) groups excluding carboxylic acids is 1. The molecule has 0 bridgehead atoms. The van der Waals surface area contributed by atoms with Crippen LogP contribution in [0.4, 0.5) is 0 Å². The molecule has 0 saturated carbocycles. The van der Waals surface area contributed by atoms with Crippen molar-refractivity contribution in [1.29, 1.82) is 0 Å². The molecule has 0 unspecified atom stereocenters. The second-order valence-electron chi connectivity index (χ2n) is 6.45. The Hall–Kier alpha value is -1.30. The fourth-order valence-corrected chi connectivity index (χ4v) is 2.67. The first-order valence-electron chi connectivity index (χ1n) is 8.50. The Morgan fingerprint density at radius 1 is 1.38 bits per heavy atom. The molecule has 1 aliphatic heterocycles. The number of amides is 1. The third-order valence-electron chi connectivity index (χ3n) is 4.23. The van der Waals surface area contributed by atoms with Crippen LogP contribution in [0, 0.1) is 0 Å². The van der Waals surface area contributed by atoms with Crippen molar-refractivity contribution >= 4 is 18.3 Å². The lowest BCUT2D eigenvalue weighted by Crippen LogP contribution is -2.52. The molecule has 24 heavy (non-hydrogen) atoms. The summed E-state index contributed by atoms with van der Waals surface area (Å²) in [6, 6.07) is 8.55. The van der Waals surface area contributed by atoms with E-state index in [0.29, 0.717) is 31.7 Å². The minimum absolute atomic E-state index is 0. The van der Waals surface area contributed by atoms with Gasteiger partial charge in [-0.25, -0.2) is 0 Å². The molecule has 1 saturated heterocycles. The highest BCUT2D eigenvalue weighted by Gasteiger charge is 2.19. The van der Waals surface area contributed by atoms with Crippen LogP contribution in [0.15, 0.2) is 24.3 Å². The van der Waals surface area contributed by atoms with E-state index in [-0.39, 0.29) is 18.3 Å². The largest absolute Gasteiger partial charge is 0.492 e. The smallest absolute Gasteiger partial charge is 0.234 e. The molecule has 1 amide bonds. The first-order chi connectivity index (χ1) is 11.1. The SMILES string of the molecule is CC(C)c1ccc(OCCNC(=O)CN2CCNC[C@@H]2C)cc1.Cl. The maximum atomic E-state index is 12.0. The molecule has 0 spiro atoms. The zero-order valence-corrected chi connectivity index (χ0v) is 15.7. The Balaban J connectivity index is 0.00000288. The van der Waals surface area contributed by atoms with Gasteiger partial charge in [-0.2, -0.15) is 0 Å². The minimum Gasteiger partial charge on any atom is -0.492 e. The molecule has 1 atom stereocenters. The quantitative estimate of drug-likeness (QED) is 0.735. The molecule has 0 radical (unpaired) electrons. The molecular formula is C18H30ClN3O2. The van der Waals surface area contributed by atoms with Crippen molar-refractivity contribution in [3.8, 4) is 5.75 Å². The third-order valence-corrected chi connectivity index (χ3v) is 4.23. The van der Waals surface area contributed by atoms with Crippen LogP contribution in [0.2, 0.25) is 0 Å². The molecule has 5 nitrogen and oxygen atoms in total. The van der Waals surface area contributed by atoms with Crippen LogP contribution in [0.1, 0.15) is 32.3 Å². The molecule has 1 aliphatic rings. The van der Waals surface area contributed by atoms with Crippen LogP contribution < -0.4 is 15.4 Å². The maximum Gasteiger partial charge on any atom is 0.234 e. The van der Waals surface area contributed by atoms with Crippen LogP contribution in [0.25, 0.3) is 0 Å². The summed E-state index contributed by atoms with van der Waals surface area (Å²) in [4.78, 5) is 14.2. The van der Waals surface area contributed by atoms with Gasteiger partial charge in [0, 0.05) is 25.7 Å². The van der Waals surface area contributed by atoms with Crippen molar-refractivity contribution in [3.63, 3.8) is 0 Å². The summed E-state index contributed by atoms with van der Waals surface area (Å²) < 4.78 is 5.66. The summed E-state index contributed by atoms with van der Waals surface area (Å²) in [5.74, 6) is 1.44. The van der Waals surface area contributed by atoms with Gasteiger partial charge in [-0.15, -0.1) is 12.4 Å². The molecule has 1 fully saturated rings. The van der Waals surface area contributed by atoms with Crippen LogP contribution in [0.5, 0.6) is 5.75 Å². The van der Waals surface area contributed by atoms with Gasteiger partial charge >= 0.3 is 0 Å². The van der Waals surface area contributed by atoms with Gasteiger partial charge in [0.15, 0.2) is 0 Å². The lowest BCUT2D eigenvalue weighted by Gasteiger charge is -2.33. The summed E-state index contributed by atoms with van der Waals surface area (Å²) in [5.41, 5.74) is 1.30. The van der Waals surface area contributed by atoms with Gasteiger partial charge in [0.05, 0.1) is 13.1 Å². The van der Waals surface area contributed by atoms with Crippen LogP contribution in [-0.4, -0.2) is 56.2 Å². The van der Waals surface area contributed by atoms with E-state index in [0.717, 1.165) is 25.4 Å². The number of nitrogens with one attached hydrogen (secondary N) is 2. The third kappa shape index (κ3) is 6.67. The fraction of sp³-hybridized carbons (Fsp3) is 0.611. The maximum absolute atomic E-state index is 12.0. The number of halogens is 1. The number of rotatable bonds is 7. The van der Waals surface area contributed by atoms with Gasteiger partial charge in [0.25, 0.3) is 0 Å². The molecule has 0 aliphatic carbocycles. The Bertz CT molecular complexity index is 494. The van der Waals surface area contributed by atoms with Crippen LogP contribution in [0.3, 0.4) is 0 Å². The van der Waals surface area contributed by atoms with Gasteiger partial charge in [-0.3, -0.25) is 9.69 Å². The molecule has 2 N–H and O–H groups in total. The average Bonchev–Trinajstić information content (AvgIpc) is 2.54. The Morgan fingerprint density at radius 2 is 2.08 bits per heavy atom. The van der Waals surface area contributed by atoms with Crippen molar-refractivity contribution in [3.05, 3.63) is 29.8 Å². The first kappa shape index (κ1) is 20.7. The highest BCUT2D eigenvalue weighted by molar-refractivity contribution is 5.85. The molecule has 1 aromatic rings. The van der Waals surface area contributed by atoms with Gasteiger partial charge in [-0.05, 0) is 30.5 Å². The fourth-order valence-electron chi connectivity index (χ4n) is 2.67. The van der Waals surface area contributed by atoms with E-state index in [1.54, 1.807) is 0 Å². The Labute approximate surface area is 151 Å². The molecule has 2 rings (SSSR count). The summed E-state index contributed by atoms with van der Waals surface area (Å²) in [6.07, 6.45) is 0. The van der Waals surface area contributed by atoms with Crippen LogP contribution in [-0.2, 0) is 4.79 Å². The summed E-state index contributed by atoms with van der Waals surface area (Å²) in [6.45, 7) is 10.8. The zero-order valence-electron chi connectivity index (χ0n) is 14.9. The highest BCUT2D eigenvalue weighted by Crippen LogP contribution is 2.18. The minimum atomic E-state index is 0. The van der Waals surface area contributed by atoms with E-state index >= 15 is 0 Å². The van der Waals surface area contributed by atoms with Crippen molar-refractivity contribution in [2.75, 3.05) is 39.3 Å². The monoisotopic (exact) mass is 355 g/mol. The Kier molecular flexibility index (Phi) is 9.11. The van der Waals surface area contributed by atoms with Crippen LogP contribution >= 0.6 is 12.4 Å².